The molecule has 0 radical (unpaired) electrons. The van der Waals surface area contributed by atoms with Crippen LogP contribution in [0.25, 0.3) is 0 Å². The first kappa shape index (κ1) is 14.0. The molecule has 1 aromatic rings. The van der Waals surface area contributed by atoms with E-state index in [0.717, 1.165) is 4.47 Å². The van der Waals surface area contributed by atoms with Crippen LogP contribution in [0, 0.1) is 0 Å². The van der Waals surface area contributed by atoms with Gasteiger partial charge in [-0.25, -0.2) is 0 Å². The van der Waals surface area contributed by atoms with Crippen molar-refractivity contribution in [3.05, 3.63) is 22.7 Å². The fraction of sp³-hybridized carbons (Fsp3) is 0.417. The first-order valence-electron chi connectivity index (χ1n) is 5.27. The SMILES string of the molecule is CC(C)(C)OCC(=O)Nc1ccc(N)c(Br)c1. The molecule has 1 amide bonds. The molecule has 94 valence electrons. The third-order valence-corrected chi connectivity index (χ3v) is 2.61. The summed E-state index contributed by atoms with van der Waals surface area (Å²) in [6.07, 6.45) is 0. The Morgan fingerprint density at radius 3 is 2.65 bits per heavy atom. The summed E-state index contributed by atoms with van der Waals surface area (Å²) in [5, 5.41) is 2.73. The molecule has 4 nitrogen and oxygen atoms in total. The highest BCUT2D eigenvalue weighted by Crippen LogP contribution is 2.23. The van der Waals surface area contributed by atoms with E-state index in [4.69, 9.17) is 10.5 Å². The van der Waals surface area contributed by atoms with E-state index in [2.05, 4.69) is 21.2 Å². The van der Waals surface area contributed by atoms with E-state index in [-0.39, 0.29) is 18.1 Å². The summed E-state index contributed by atoms with van der Waals surface area (Å²) in [7, 11) is 0. The van der Waals surface area contributed by atoms with Crippen LogP contribution in [0.5, 0.6) is 0 Å². The van der Waals surface area contributed by atoms with Gasteiger partial charge < -0.3 is 15.8 Å². The second kappa shape index (κ2) is 5.51. The van der Waals surface area contributed by atoms with E-state index in [9.17, 15) is 4.79 Å². The fourth-order valence-corrected chi connectivity index (χ4v) is 1.46. The predicted molar refractivity (Wildman–Crippen MR) is 72.9 cm³/mol. The molecular formula is C12H17BrN2O2. The lowest BCUT2D eigenvalue weighted by atomic mass is 10.2. The van der Waals surface area contributed by atoms with Gasteiger partial charge in [-0.05, 0) is 54.9 Å². The topological polar surface area (TPSA) is 64.3 Å². The fourth-order valence-electron chi connectivity index (χ4n) is 1.08. The quantitative estimate of drug-likeness (QED) is 0.844. The maximum absolute atomic E-state index is 11.6. The molecule has 0 aromatic heterocycles. The maximum Gasteiger partial charge on any atom is 0.250 e. The molecule has 0 bridgehead atoms. The number of anilines is 2. The summed E-state index contributed by atoms with van der Waals surface area (Å²) in [6, 6.07) is 5.23. The van der Waals surface area contributed by atoms with Gasteiger partial charge in [0.1, 0.15) is 6.61 Å². The van der Waals surface area contributed by atoms with Gasteiger partial charge in [-0.3, -0.25) is 4.79 Å². The van der Waals surface area contributed by atoms with Crippen molar-refractivity contribution in [1.29, 1.82) is 0 Å². The molecule has 1 rings (SSSR count). The number of nitrogens with one attached hydrogen (secondary N) is 1. The normalized spacial score (nSPS) is 11.3. The van der Waals surface area contributed by atoms with E-state index in [1.165, 1.54) is 0 Å². The number of carbonyl (C=O) groups is 1. The largest absolute Gasteiger partial charge is 0.398 e. The van der Waals surface area contributed by atoms with Gasteiger partial charge in [0.05, 0.1) is 5.60 Å². The van der Waals surface area contributed by atoms with Crippen LogP contribution >= 0.6 is 15.9 Å². The maximum atomic E-state index is 11.6. The number of nitrogens with two attached hydrogens (primary N) is 1. The Kier molecular flexibility index (Phi) is 4.54. The third-order valence-electron chi connectivity index (χ3n) is 1.92. The van der Waals surface area contributed by atoms with Gasteiger partial charge in [0, 0.05) is 15.8 Å². The van der Waals surface area contributed by atoms with Crippen LogP contribution in [-0.2, 0) is 9.53 Å². The molecule has 1 aromatic carbocycles. The van der Waals surface area contributed by atoms with Crippen molar-refractivity contribution >= 4 is 33.2 Å². The van der Waals surface area contributed by atoms with E-state index < -0.39 is 0 Å². The summed E-state index contributed by atoms with van der Waals surface area (Å²) in [6.45, 7) is 5.74. The predicted octanol–water partition coefficient (Wildman–Crippen LogP) is 2.78. The number of amides is 1. The van der Waals surface area contributed by atoms with Gasteiger partial charge in [0.2, 0.25) is 5.91 Å². The molecule has 0 spiro atoms. The number of carbonyl (C=O) groups excluding carboxylic acids is 1. The number of hydrogen-bond acceptors (Lipinski definition) is 3. The minimum absolute atomic E-state index is 0.0332. The number of ether oxygens (including phenoxy) is 1. The second-order valence-electron chi connectivity index (χ2n) is 4.69. The van der Waals surface area contributed by atoms with Crippen LogP contribution in [0.2, 0.25) is 0 Å². The van der Waals surface area contributed by atoms with Crippen LogP contribution < -0.4 is 11.1 Å². The Labute approximate surface area is 110 Å². The van der Waals surface area contributed by atoms with Gasteiger partial charge in [-0.2, -0.15) is 0 Å². The second-order valence-corrected chi connectivity index (χ2v) is 5.54. The monoisotopic (exact) mass is 300 g/mol. The molecule has 0 fully saturated rings. The molecule has 0 saturated carbocycles. The number of halogens is 1. The molecular weight excluding hydrogens is 284 g/mol. The first-order valence-corrected chi connectivity index (χ1v) is 6.06. The van der Waals surface area contributed by atoms with Gasteiger partial charge in [-0.1, -0.05) is 0 Å². The number of nitrogen functional groups attached to an aromatic ring is 1. The van der Waals surface area contributed by atoms with Crippen LogP contribution in [0.1, 0.15) is 20.8 Å². The minimum atomic E-state index is -0.320. The van der Waals surface area contributed by atoms with Crippen LogP contribution in [-0.4, -0.2) is 18.1 Å². The lowest BCUT2D eigenvalue weighted by Gasteiger charge is -2.19. The molecule has 0 saturated heterocycles. The lowest BCUT2D eigenvalue weighted by Crippen LogP contribution is -2.27. The van der Waals surface area contributed by atoms with E-state index in [0.29, 0.717) is 11.4 Å². The van der Waals surface area contributed by atoms with Crippen LogP contribution in [0.4, 0.5) is 11.4 Å². The van der Waals surface area contributed by atoms with Crippen LogP contribution in [0.15, 0.2) is 22.7 Å². The number of benzene rings is 1. The molecule has 5 heteroatoms. The van der Waals surface area contributed by atoms with Crippen molar-refractivity contribution in [3.8, 4) is 0 Å². The third kappa shape index (κ3) is 5.19. The van der Waals surface area contributed by atoms with Gasteiger partial charge in [0.25, 0.3) is 0 Å². The van der Waals surface area contributed by atoms with Crippen molar-refractivity contribution in [3.63, 3.8) is 0 Å². The first-order chi connectivity index (χ1) is 7.78. The number of hydrogen-bond donors (Lipinski definition) is 2. The van der Waals surface area contributed by atoms with Crippen molar-refractivity contribution in [2.75, 3.05) is 17.7 Å². The Bertz CT molecular complexity index is 413. The van der Waals surface area contributed by atoms with Crippen molar-refractivity contribution in [1.82, 2.24) is 0 Å². The Morgan fingerprint density at radius 1 is 1.47 bits per heavy atom. The average Bonchev–Trinajstić information content (AvgIpc) is 2.20. The van der Waals surface area contributed by atoms with E-state index in [1.807, 2.05) is 20.8 Å². The van der Waals surface area contributed by atoms with E-state index >= 15 is 0 Å². The molecule has 0 aliphatic heterocycles. The zero-order chi connectivity index (χ0) is 13.1. The average molecular weight is 301 g/mol. The Morgan fingerprint density at radius 2 is 2.12 bits per heavy atom. The van der Waals surface area contributed by atoms with Crippen LogP contribution in [0.3, 0.4) is 0 Å². The summed E-state index contributed by atoms with van der Waals surface area (Å²) >= 11 is 3.30. The highest BCUT2D eigenvalue weighted by Gasteiger charge is 2.13. The molecule has 0 aliphatic rings. The van der Waals surface area contributed by atoms with Gasteiger partial charge in [-0.15, -0.1) is 0 Å². The van der Waals surface area contributed by atoms with E-state index in [1.54, 1.807) is 18.2 Å². The zero-order valence-electron chi connectivity index (χ0n) is 10.2. The molecule has 0 unspecified atom stereocenters. The summed E-state index contributed by atoms with van der Waals surface area (Å²) in [5.74, 6) is -0.184. The van der Waals surface area contributed by atoms with Crippen molar-refractivity contribution in [2.24, 2.45) is 0 Å². The summed E-state index contributed by atoms with van der Waals surface area (Å²) in [5.41, 5.74) is 6.65. The minimum Gasteiger partial charge on any atom is -0.398 e. The Hall–Kier alpha value is -1.07. The standard InChI is InChI=1S/C12H17BrN2O2/c1-12(2,3)17-7-11(16)15-8-4-5-10(14)9(13)6-8/h4-6H,7,14H2,1-3H3,(H,15,16). The molecule has 0 aliphatic carbocycles. The van der Waals surface area contributed by atoms with Crippen molar-refractivity contribution in [2.45, 2.75) is 26.4 Å². The molecule has 3 N–H and O–H groups in total. The highest BCUT2D eigenvalue weighted by atomic mass is 79.9. The van der Waals surface area contributed by atoms with Gasteiger partial charge >= 0.3 is 0 Å². The van der Waals surface area contributed by atoms with Gasteiger partial charge in [0.15, 0.2) is 0 Å². The molecule has 17 heavy (non-hydrogen) atoms. The molecule has 0 atom stereocenters. The smallest absolute Gasteiger partial charge is 0.250 e. The van der Waals surface area contributed by atoms with Crippen molar-refractivity contribution < 1.29 is 9.53 Å². The number of rotatable bonds is 3. The summed E-state index contributed by atoms with van der Waals surface area (Å²) in [4.78, 5) is 11.6. The molecule has 0 heterocycles. The Balaban J connectivity index is 2.54. The highest BCUT2D eigenvalue weighted by molar-refractivity contribution is 9.10. The summed E-state index contributed by atoms with van der Waals surface area (Å²) < 4.78 is 6.13. The zero-order valence-corrected chi connectivity index (χ0v) is 11.8. The lowest BCUT2D eigenvalue weighted by molar-refractivity contribution is -0.125.